The molecule has 0 unspecified atom stereocenters. The number of nitrogens with zero attached hydrogens (tertiary/aromatic N) is 2. The van der Waals surface area contributed by atoms with E-state index in [9.17, 15) is 0 Å². The maximum Gasteiger partial charge on any atom is 0.223 e. The second kappa shape index (κ2) is 6.06. The van der Waals surface area contributed by atoms with E-state index < -0.39 is 0 Å². The molecule has 0 atom stereocenters. The summed E-state index contributed by atoms with van der Waals surface area (Å²) >= 11 is 1.67. The maximum atomic E-state index is 4.48. The van der Waals surface area contributed by atoms with Gasteiger partial charge in [0.1, 0.15) is 5.03 Å². The molecule has 19 heavy (non-hydrogen) atoms. The topological polar surface area (TPSA) is 37.8 Å². The minimum absolute atomic E-state index is 0.565. The minimum Gasteiger partial charge on any atom is -0.357 e. The molecule has 0 aliphatic heterocycles. The Hall–Kier alpha value is -1.55. The van der Waals surface area contributed by atoms with Crippen LogP contribution in [0.3, 0.4) is 0 Å². The Labute approximate surface area is 118 Å². The van der Waals surface area contributed by atoms with E-state index in [1.54, 1.807) is 11.8 Å². The third-order valence-corrected chi connectivity index (χ3v) is 4.02. The summed E-state index contributed by atoms with van der Waals surface area (Å²) in [4.78, 5) is 9.89. The number of hydrogen-bond donors (Lipinski definition) is 1. The van der Waals surface area contributed by atoms with Gasteiger partial charge in [-0.15, -0.1) is 0 Å². The van der Waals surface area contributed by atoms with Crippen LogP contribution in [-0.2, 0) is 0 Å². The molecule has 0 aliphatic carbocycles. The third-order valence-electron chi connectivity index (χ3n) is 2.91. The second-order valence-corrected chi connectivity index (χ2v) is 5.82. The lowest BCUT2D eigenvalue weighted by molar-refractivity contribution is 0.865. The van der Waals surface area contributed by atoms with Crippen molar-refractivity contribution in [2.24, 2.45) is 0 Å². The lowest BCUT2D eigenvalue weighted by Crippen LogP contribution is -1.98. The van der Waals surface area contributed by atoms with E-state index in [1.165, 1.54) is 10.5 Å². The van der Waals surface area contributed by atoms with Gasteiger partial charge in [0.05, 0.1) is 0 Å². The van der Waals surface area contributed by atoms with Crippen molar-refractivity contribution in [3.8, 4) is 0 Å². The van der Waals surface area contributed by atoms with Gasteiger partial charge in [-0.2, -0.15) is 0 Å². The van der Waals surface area contributed by atoms with Crippen molar-refractivity contribution in [2.75, 3.05) is 12.4 Å². The second-order valence-electron chi connectivity index (χ2n) is 4.76. The highest BCUT2D eigenvalue weighted by Crippen LogP contribution is 2.29. The molecule has 0 bridgehead atoms. The molecular weight excluding hydrogens is 254 g/mol. The van der Waals surface area contributed by atoms with Crippen LogP contribution in [-0.4, -0.2) is 17.0 Å². The van der Waals surface area contributed by atoms with Crippen LogP contribution >= 0.6 is 11.8 Å². The van der Waals surface area contributed by atoms with Gasteiger partial charge < -0.3 is 5.32 Å². The quantitative estimate of drug-likeness (QED) is 0.851. The number of rotatable bonds is 4. The predicted molar refractivity (Wildman–Crippen MR) is 81.0 cm³/mol. The molecule has 1 heterocycles. The summed E-state index contributed by atoms with van der Waals surface area (Å²) in [7, 11) is 1.83. The molecule has 2 rings (SSSR count). The van der Waals surface area contributed by atoms with Crippen molar-refractivity contribution >= 4 is 17.7 Å². The molecule has 0 saturated heterocycles. The zero-order valence-electron chi connectivity index (χ0n) is 11.8. The Morgan fingerprint density at radius 3 is 2.42 bits per heavy atom. The summed E-state index contributed by atoms with van der Waals surface area (Å²) in [5.41, 5.74) is 2.46. The van der Waals surface area contributed by atoms with Crippen LogP contribution in [0.1, 0.15) is 30.9 Å². The van der Waals surface area contributed by atoms with Gasteiger partial charge in [0, 0.05) is 23.7 Å². The molecule has 1 aromatic heterocycles. The summed E-state index contributed by atoms with van der Waals surface area (Å²) in [5.74, 6) is 1.22. The van der Waals surface area contributed by atoms with Gasteiger partial charge in [0.25, 0.3) is 0 Å². The van der Waals surface area contributed by atoms with E-state index >= 15 is 0 Å². The van der Waals surface area contributed by atoms with E-state index in [-0.39, 0.29) is 0 Å². The van der Waals surface area contributed by atoms with Gasteiger partial charge in [-0.1, -0.05) is 37.7 Å². The zero-order chi connectivity index (χ0) is 13.8. The van der Waals surface area contributed by atoms with E-state index in [2.05, 4.69) is 53.4 Å². The van der Waals surface area contributed by atoms with Crippen molar-refractivity contribution < 1.29 is 0 Å². The summed E-state index contributed by atoms with van der Waals surface area (Å²) in [6.45, 7) is 6.44. The molecule has 3 nitrogen and oxygen atoms in total. The number of hydrogen-bond acceptors (Lipinski definition) is 4. The molecule has 100 valence electrons. The first-order chi connectivity index (χ1) is 9.10. The first kappa shape index (κ1) is 13.9. The van der Waals surface area contributed by atoms with Gasteiger partial charge in [0.15, 0.2) is 0 Å². The largest absolute Gasteiger partial charge is 0.357 e. The van der Waals surface area contributed by atoms with Gasteiger partial charge in [0.2, 0.25) is 5.95 Å². The Balaban J connectivity index is 2.20. The highest BCUT2D eigenvalue weighted by Gasteiger charge is 2.06. The molecule has 0 saturated carbocycles. The summed E-state index contributed by atoms with van der Waals surface area (Å²) in [6, 6.07) is 8.67. The molecule has 0 fully saturated rings. The van der Waals surface area contributed by atoms with Crippen molar-refractivity contribution in [1.82, 2.24) is 9.97 Å². The summed E-state index contributed by atoms with van der Waals surface area (Å²) in [5, 5.41) is 3.97. The number of nitrogens with one attached hydrogen (secondary N) is 1. The van der Waals surface area contributed by atoms with Crippen LogP contribution in [0.4, 0.5) is 5.95 Å². The van der Waals surface area contributed by atoms with E-state index in [0.717, 1.165) is 10.6 Å². The van der Waals surface area contributed by atoms with Crippen molar-refractivity contribution in [2.45, 2.75) is 36.6 Å². The first-order valence-electron chi connectivity index (χ1n) is 6.39. The zero-order valence-corrected chi connectivity index (χ0v) is 12.6. The van der Waals surface area contributed by atoms with Crippen LogP contribution in [0.15, 0.2) is 40.4 Å². The highest BCUT2D eigenvalue weighted by molar-refractivity contribution is 7.99. The number of aryl methyl sites for hydroxylation is 1. The smallest absolute Gasteiger partial charge is 0.223 e. The van der Waals surface area contributed by atoms with Gasteiger partial charge >= 0.3 is 0 Å². The van der Waals surface area contributed by atoms with Gasteiger partial charge in [-0.05, 0) is 30.5 Å². The van der Waals surface area contributed by atoms with Crippen LogP contribution < -0.4 is 5.32 Å². The fourth-order valence-corrected chi connectivity index (χ4v) is 2.52. The van der Waals surface area contributed by atoms with Gasteiger partial charge in [-0.25, -0.2) is 9.97 Å². The highest BCUT2D eigenvalue weighted by atomic mass is 32.2. The Bertz CT molecular complexity index is 550. The molecule has 1 N–H and O–H groups in total. The lowest BCUT2D eigenvalue weighted by Gasteiger charge is -2.08. The van der Waals surface area contributed by atoms with Crippen molar-refractivity contribution in [3.05, 3.63) is 41.6 Å². The van der Waals surface area contributed by atoms with E-state index in [0.29, 0.717) is 11.9 Å². The fraction of sp³-hybridized carbons (Fsp3) is 0.333. The van der Waals surface area contributed by atoms with Crippen LogP contribution in [0.5, 0.6) is 0 Å². The SMILES string of the molecule is CNc1ncc(C)c(Sc2ccc(C(C)C)cc2)n1. The Morgan fingerprint density at radius 1 is 1.16 bits per heavy atom. The minimum atomic E-state index is 0.565. The maximum absolute atomic E-state index is 4.48. The monoisotopic (exact) mass is 273 g/mol. The van der Waals surface area contributed by atoms with E-state index in [1.807, 2.05) is 20.2 Å². The lowest BCUT2D eigenvalue weighted by atomic mass is 10.0. The molecule has 0 amide bonds. The normalized spacial score (nSPS) is 10.8. The Kier molecular flexibility index (Phi) is 4.43. The average molecular weight is 273 g/mol. The van der Waals surface area contributed by atoms with Gasteiger partial charge in [-0.3, -0.25) is 0 Å². The van der Waals surface area contributed by atoms with Crippen molar-refractivity contribution in [3.63, 3.8) is 0 Å². The summed E-state index contributed by atoms with van der Waals surface area (Å²) < 4.78 is 0. The van der Waals surface area contributed by atoms with E-state index in [4.69, 9.17) is 0 Å². The Morgan fingerprint density at radius 2 is 1.84 bits per heavy atom. The standard InChI is InChI=1S/C15H19N3S/c1-10(2)12-5-7-13(8-6-12)19-14-11(3)9-17-15(16-4)18-14/h5-10H,1-4H3,(H,16,17,18). The number of benzene rings is 1. The molecule has 0 radical (unpaired) electrons. The molecule has 4 heteroatoms. The molecular formula is C15H19N3S. The van der Waals surface area contributed by atoms with Crippen LogP contribution in [0.25, 0.3) is 0 Å². The predicted octanol–water partition coefficient (Wildman–Crippen LogP) is 4.10. The number of anilines is 1. The van der Waals surface area contributed by atoms with Crippen molar-refractivity contribution in [1.29, 1.82) is 0 Å². The van der Waals surface area contributed by atoms with Crippen LogP contribution in [0.2, 0.25) is 0 Å². The first-order valence-corrected chi connectivity index (χ1v) is 7.21. The average Bonchev–Trinajstić information content (AvgIpc) is 2.42. The molecule has 0 spiro atoms. The molecule has 2 aromatic rings. The fourth-order valence-electron chi connectivity index (χ4n) is 1.68. The summed E-state index contributed by atoms with van der Waals surface area (Å²) in [6.07, 6.45) is 1.85. The number of aromatic nitrogens is 2. The van der Waals surface area contributed by atoms with Crippen LogP contribution in [0, 0.1) is 6.92 Å². The molecule has 0 aliphatic rings. The third kappa shape index (κ3) is 3.47. The molecule has 1 aromatic carbocycles.